The molecule has 2 aromatic carbocycles. The Bertz CT molecular complexity index is 783. The predicted octanol–water partition coefficient (Wildman–Crippen LogP) is 3.90. The van der Waals surface area contributed by atoms with Crippen LogP contribution in [0.2, 0.25) is 0 Å². The second kappa shape index (κ2) is 8.71. The highest BCUT2D eigenvalue weighted by molar-refractivity contribution is 5.89. The van der Waals surface area contributed by atoms with Gasteiger partial charge in [0.1, 0.15) is 0 Å². The van der Waals surface area contributed by atoms with E-state index in [0.29, 0.717) is 32.5 Å². The molecule has 27 heavy (non-hydrogen) atoms. The van der Waals surface area contributed by atoms with Crippen LogP contribution in [-0.4, -0.2) is 41.9 Å². The number of aryl methyl sites for hydroxylation is 1. The van der Waals surface area contributed by atoms with Crippen LogP contribution in [0.1, 0.15) is 24.0 Å². The Morgan fingerprint density at radius 3 is 2.33 bits per heavy atom. The van der Waals surface area contributed by atoms with E-state index in [2.05, 4.69) is 24.4 Å². The van der Waals surface area contributed by atoms with Crippen LogP contribution < -0.4 is 5.32 Å². The number of carbonyl (C=O) groups excluding carboxylic acids is 2. The van der Waals surface area contributed by atoms with Crippen LogP contribution >= 0.6 is 0 Å². The molecule has 1 aliphatic rings. The standard InChI is InChI=1S/C22H27N3O2/c1-17-8-6-7-9-19(17)16-24(2)21(26)18-12-14-25(15-13-18)22(27)23-20-10-4-3-5-11-20/h3-11,18H,12-16H2,1-2H3,(H,23,27). The summed E-state index contributed by atoms with van der Waals surface area (Å²) >= 11 is 0. The van der Waals surface area contributed by atoms with Crippen molar-refractivity contribution in [1.29, 1.82) is 0 Å². The molecular weight excluding hydrogens is 338 g/mol. The number of anilines is 1. The molecule has 142 valence electrons. The molecule has 0 aliphatic carbocycles. The Morgan fingerprint density at radius 1 is 1.04 bits per heavy atom. The number of nitrogens with one attached hydrogen (secondary N) is 1. The molecule has 2 aromatic rings. The van der Waals surface area contributed by atoms with Crippen LogP contribution in [0.5, 0.6) is 0 Å². The van der Waals surface area contributed by atoms with E-state index in [0.717, 1.165) is 5.69 Å². The van der Waals surface area contributed by atoms with Crippen LogP contribution in [-0.2, 0) is 11.3 Å². The summed E-state index contributed by atoms with van der Waals surface area (Å²) in [5.41, 5.74) is 3.16. The summed E-state index contributed by atoms with van der Waals surface area (Å²) in [7, 11) is 1.86. The van der Waals surface area contributed by atoms with E-state index in [-0.39, 0.29) is 17.9 Å². The van der Waals surface area contributed by atoms with E-state index >= 15 is 0 Å². The molecule has 0 saturated carbocycles. The fourth-order valence-corrected chi connectivity index (χ4v) is 3.49. The summed E-state index contributed by atoms with van der Waals surface area (Å²) in [4.78, 5) is 28.8. The van der Waals surface area contributed by atoms with Gasteiger partial charge in [0.2, 0.25) is 5.91 Å². The highest BCUT2D eigenvalue weighted by Crippen LogP contribution is 2.21. The largest absolute Gasteiger partial charge is 0.341 e. The van der Waals surface area contributed by atoms with Crippen molar-refractivity contribution in [3.63, 3.8) is 0 Å². The first kappa shape index (κ1) is 19.0. The Morgan fingerprint density at radius 2 is 1.67 bits per heavy atom. The Balaban J connectivity index is 1.50. The minimum atomic E-state index is -0.0969. The SMILES string of the molecule is Cc1ccccc1CN(C)C(=O)C1CCN(C(=O)Nc2ccccc2)CC1. The van der Waals surface area contributed by atoms with Crippen molar-refractivity contribution in [1.82, 2.24) is 9.80 Å². The van der Waals surface area contributed by atoms with Gasteiger partial charge in [0, 0.05) is 38.3 Å². The first-order chi connectivity index (χ1) is 13.0. The molecule has 1 N–H and O–H groups in total. The number of rotatable bonds is 4. The molecule has 3 rings (SSSR count). The summed E-state index contributed by atoms with van der Waals surface area (Å²) in [5, 5.41) is 2.91. The van der Waals surface area contributed by atoms with Crippen molar-refractivity contribution >= 4 is 17.6 Å². The number of hydrogen-bond donors (Lipinski definition) is 1. The normalized spacial score (nSPS) is 14.7. The van der Waals surface area contributed by atoms with Gasteiger partial charge >= 0.3 is 6.03 Å². The van der Waals surface area contributed by atoms with Gasteiger partial charge < -0.3 is 15.1 Å². The highest BCUT2D eigenvalue weighted by Gasteiger charge is 2.29. The van der Waals surface area contributed by atoms with E-state index < -0.39 is 0 Å². The molecule has 0 radical (unpaired) electrons. The predicted molar refractivity (Wildman–Crippen MR) is 107 cm³/mol. The second-order valence-corrected chi connectivity index (χ2v) is 7.18. The van der Waals surface area contributed by atoms with Crippen molar-refractivity contribution in [2.45, 2.75) is 26.3 Å². The van der Waals surface area contributed by atoms with E-state index in [1.165, 1.54) is 11.1 Å². The Labute approximate surface area is 161 Å². The van der Waals surface area contributed by atoms with Crippen LogP contribution in [0.25, 0.3) is 0 Å². The van der Waals surface area contributed by atoms with Crippen molar-refractivity contribution in [3.8, 4) is 0 Å². The number of hydrogen-bond acceptors (Lipinski definition) is 2. The van der Waals surface area contributed by atoms with Gasteiger partial charge in [-0.2, -0.15) is 0 Å². The number of piperidine rings is 1. The maximum Gasteiger partial charge on any atom is 0.321 e. The molecule has 1 aliphatic heterocycles. The van der Waals surface area contributed by atoms with E-state index in [9.17, 15) is 9.59 Å². The molecule has 0 bridgehead atoms. The van der Waals surface area contributed by atoms with Crippen LogP contribution in [0.3, 0.4) is 0 Å². The first-order valence-electron chi connectivity index (χ1n) is 9.45. The average Bonchev–Trinajstić information content (AvgIpc) is 2.70. The lowest BCUT2D eigenvalue weighted by atomic mass is 9.95. The van der Waals surface area contributed by atoms with Gasteiger partial charge in [-0.3, -0.25) is 4.79 Å². The number of carbonyl (C=O) groups is 2. The maximum absolute atomic E-state index is 12.8. The van der Waals surface area contributed by atoms with Gasteiger partial charge in [-0.25, -0.2) is 4.79 Å². The Hall–Kier alpha value is -2.82. The number of nitrogens with zero attached hydrogens (tertiary/aromatic N) is 2. The van der Waals surface area contributed by atoms with Crippen LogP contribution in [0.15, 0.2) is 54.6 Å². The number of benzene rings is 2. The number of urea groups is 1. The molecule has 5 nitrogen and oxygen atoms in total. The van der Waals surface area contributed by atoms with E-state index in [1.807, 2.05) is 54.4 Å². The Kier molecular flexibility index (Phi) is 6.12. The third kappa shape index (κ3) is 4.88. The van der Waals surface area contributed by atoms with Gasteiger partial charge in [0.25, 0.3) is 0 Å². The molecule has 0 unspecified atom stereocenters. The molecule has 0 atom stereocenters. The van der Waals surface area contributed by atoms with Crippen LogP contribution in [0, 0.1) is 12.8 Å². The summed E-state index contributed by atoms with van der Waals surface area (Å²) in [6, 6.07) is 17.5. The highest BCUT2D eigenvalue weighted by atomic mass is 16.2. The minimum Gasteiger partial charge on any atom is -0.341 e. The molecular formula is C22H27N3O2. The molecule has 3 amide bonds. The first-order valence-corrected chi connectivity index (χ1v) is 9.45. The fraction of sp³-hybridized carbons (Fsp3) is 0.364. The van der Waals surface area contributed by atoms with Gasteiger partial charge in [-0.15, -0.1) is 0 Å². The van der Waals surface area contributed by atoms with Crippen molar-refractivity contribution in [3.05, 3.63) is 65.7 Å². The minimum absolute atomic E-state index is 0.0141. The third-order valence-electron chi connectivity index (χ3n) is 5.20. The molecule has 1 heterocycles. The topological polar surface area (TPSA) is 52.7 Å². The lowest BCUT2D eigenvalue weighted by Gasteiger charge is -2.33. The number of para-hydroxylation sites is 1. The summed E-state index contributed by atoms with van der Waals surface area (Å²) in [5.74, 6) is 0.154. The monoisotopic (exact) mass is 365 g/mol. The zero-order valence-electron chi connectivity index (χ0n) is 16.0. The van der Waals surface area contributed by atoms with Gasteiger partial charge in [0.15, 0.2) is 0 Å². The quantitative estimate of drug-likeness (QED) is 0.893. The van der Waals surface area contributed by atoms with Gasteiger partial charge in [-0.05, 0) is 43.0 Å². The summed E-state index contributed by atoms with van der Waals surface area (Å²) in [6.07, 6.45) is 1.41. The lowest BCUT2D eigenvalue weighted by molar-refractivity contribution is -0.136. The number of amides is 3. The van der Waals surface area contributed by atoms with Crippen molar-refractivity contribution in [2.24, 2.45) is 5.92 Å². The summed E-state index contributed by atoms with van der Waals surface area (Å²) < 4.78 is 0. The van der Waals surface area contributed by atoms with Crippen molar-refractivity contribution in [2.75, 3.05) is 25.5 Å². The van der Waals surface area contributed by atoms with Gasteiger partial charge in [-0.1, -0.05) is 42.5 Å². The van der Waals surface area contributed by atoms with Crippen molar-refractivity contribution < 1.29 is 9.59 Å². The molecule has 0 aromatic heterocycles. The second-order valence-electron chi connectivity index (χ2n) is 7.18. The molecule has 0 spiro atoms. The summed E-state index contributed by atoms with van der Waals surface area (Å²) in [6.45, 7) is 3.90. The smallest absolute Gasteiger partial charge is 0.321 e. The maximum atomic E-state index is 12.8. The van der Waals surface area contributed by atoms with E-state index in [1.54, 1.807) is 4.90 Å². The fourth-order valence-electron chi connectivity index (χ4n) is 3.49. The molecule has 1 saturated heterocycles. The zero-order valence-corrected chi connectivity index (χ0v) is 16.0. The molecule has 5 heteroatoms. The lowest BCUT2D eigenvalue weighted by Crippen LogP contribution is -2.44. The van der Waals surface area contributed by atoms with Gasteiger partial charge in [0.05, 0.1) is 0 Å². The van der Waals surface area contributed by atoms with Crippen LogP contribution in [0.4, 0.5) is 10.5 Å². The van der Waals surface area contributed by atoms with E-state index in [4.69, 9.17) is 0 Å². The number of likely N-dealkylation sites (tertiary alicyclic amines) is 1. The third-order valence-corrected chi connectivity index (χ3v) is 5.20. The molecule has 1 fully saturated rings. The average molecular weight is 365 g/mol. The zero-order chi connectivity index (χ0) is 19.2.